The number of ether oxygens (including phenoxy) is 1. The summed E-state index contributed by atoms with van der Waals surface area (Å²) in [7, 11) is -3.61. The van der Waals surface area contributed by atoms with Crippen LogP contribution in [0, 0.1) is 6.92 Å². The van der Waals surface area contributed by atoms with Gasteiger partial charge in [-0.25, -0.2) is 8.42 Å². The van der Waals surface area contributed by atoms with Crippen LogP contribution in [0.2, 0.25) is 5.02 Å². The Bertz CT molecular complexity index is 589. The largest absolute Gasteiger partial charge is 0.374 e. The molecule has 1 fully saturated rings. The standard InChI is InChI=1S/C13H19ClN2O3S/c1-9-3-4-13(11(14)7-9)20(17,18)16-5-6-19-12(8-16)10(2)15/h3-4,7,10,12H,5-6,8,15H2,1-2H3. The van der Waals surface area contributed by atoms with Crippen LogP contribution in [0.4, 0.5) is 0 Å². The second-order valence-corrected chi connectivity index (χ2v) is 7.38. The summed E-state index contributed by atoms with van der Waals surface area (Å²) < 4.78 is 32.1. The second-order valence-electron chi connectivity index (χ2n) is 5.07. The molecule has 1 aliphatic heterocycles. The lowest BCUT2D eigenvalue weighted by atomic mass is 10.2. The van der Waals surface area contributed by atoms with Crippen molar-refractivity contribution in [3.63, 3.8) is 0 Å². The molecule has 2 unspecified atom stereocenters. The Morgan fingerprint density at radius 1 is 1.50 bits per heavy atom. The van der Waals surface area contributed by atoms with Crippen LogP contribution in [0.25, 0.3) is 0 Å². The van der Waals surface area contributed by atoms with Crippen molar-refractivity contribution in [3.05, 3.63) is 28.8 Å². The first-order valence-electron chi connectivity index (χ1n) is 6.46. The van der Waals surface area contributed by atoms with E-state index in [-0.39, 0.29) is 28.6 Å². The van der Waals surface area contributed by atoms with Crippen molar-refractivity contribution in [2.45, 2.75) is 30.9 Å². The minimum atomic E-state index is -3.61. The maximum atomic E-state index is 12.6. The third-order valence-electron chi connectivity index (χ3n) is 3.35. The Hall–Kier alpha value is -0.660. The van der Waals surface area contributed by atoms with Gasteiger partial charge in [0.2, 0.25) is 10.0 Å². The monoisotopic (exact) mass is 318 g/mol. The van der Waals surface area contributed by atoms with E-state index in [0.717, 1.165) is 5.56 Å². The van der Waals surface area contributed by atoms with Gasteiger partial charge in [0.25, 0.3) is 0 Å². The molecule has 1 saturated heterocycles. The normalized spacial score (nSPS) is 22.7. The van der Waals surface area contributed by atoms with E-state index < -0.39 is 10.0 Å². The number of aryl methyl sites for hydroxylation is 1. The van der Waals surface area contributed by atoms with Crippen molar-refractivity contribution >= 4 is 21.6 Å². The Kier molecular flexibility index (Phi) is 4.71. The molecule has 0 amide bonds. The first kappa shape index (κ1) is 15.7. The van der Waals surface area contributed by atoms with E-state index in [1.807, 2.05) is 6.92 Å². The smallest absolute Gasteiger partial charge is 0.244 e. The van der Waals surface area contributed by atoms with Crippen LogP contribution >= 0.6 is 11.6 Å². The molecule has 0 radical (unpaired) electrons. The Morgan fingerprint density at radius 2 is 2.20 bits per heavy atom. The molecule has 20 heavy (non-hydrogen) atoms. The van der Waals surface area contributed by atoms with E-state index in [1.54, 1.807) is 25.1 Å². The molecule has 2 N–H and O–H groups in total. The van der Waals surface area contributed by atoms with Gasteiger partial charge in [0.15, 0.2) is 0 Å². The molecule has 0 saturated carbocycles. The van der Waals surface area contributed by atoms with Gasteiger partial charge in [-0.15, -0.1) is 0 Å². The van der Waals surface area contributed by atoms with Gasteiger partial charge in [-0.1, -0.05) is 17.7 Å². The van der Waals surface area contributed by atoms with Crippen molar-refractivity contribution in [1.29, 1.82) is 0 Å². The highest BCUT2D eigenvalue weighted by molar-refractivity contribution is 7.89. The Balaban J connectivity index is 2.30. The number of nitrogens with zero attached hydrogens (tertiary/aromatic N) is 1. The second kappa shape index (κ2) is 5.99. The van der Waals surface area contributed by atoms with E-state index in [1.165, 1.54) is 4.31 Å². The zero-order chi connectivity index (χ0) is 14.9. The fourth-order valence-corrected chi connectivity index (χ4v) is 4.15. The van der Waals surface area contributed by atoms with Gasteiger partial charge in [-0.05, 0) is 31.5 Å². The fourth-order valence-electron chi connectivity index (χ4n) is 2.14. The van der Waals surface area contributed by atoms with Crippen molar-refractivity contribution in [2.75, 3.05) is 19.7 Å². The van der Waals surface area contributed by atoms with Crippen molar-refractivity contribution in [2.24, 2.45) is 5.73 Å². The Labute approximate surface area is 124 Å². The minimum Gasteiger partial charge on any atom is -0.374 e. The fraction of sp³-hybridized carbons (Fsp3) is 0.538. The molecule has 1 aromatic rings. The quantitative estimate of drug-likeness (QED) is 0.914. The highest BCUT2D eigenvalue weighted by Crippen LogP contribution is 2.27. The first-order chi connectivity index (χ1) is 9.32. The molecule has 0 aliphatic carbocycles. The number of hydrogen-bond acceptors (Lipinski definition) is 4. The van der Waals surface area contributed by atoms with Crippen LogP contribution in [-0.4, -0.2) is 44.6 Å². The molecule has 7 heteroatoms. The minimum absolute atomic E-state index is 0.134. The van der Waals surface area contributed by atoms with Gasteiger partial charge < -0.3 is 10.5 Å². The first-order valence-corrected chi connectivity index (χ1v) is 8.27. The third kappa shape index (κ3) is 3.15. The number of hydrogen-bond donors (Lipinski definition) is 1. The Morgan fingerprint density at radius 3 is 2.80 bits per heavy atom. The molecule has 112 valence electrons. The van der Waals surface area contributed by atoms with Crippen LogP contribution < -0.4 is 5.73 Å². The molecular formula is C13H19ClN2O3S. The van der Waals surface area contributed by atoms with Crippen molar-refractivity contribution in [3.8, 4) is 0 Å². The highest BCUT2D eigenvalue weighted by atomic mass is 35.5. The molecule has 1 heterocycles. The molecule has 2 atom stereocenters. The van der Waals surface area contributed by atoms with E-state index in [9.17, 15) is 8.42 Å². The van der Waals surface area contributed by atoms with E-state index >= 15 is 0 Å². The molecular weight excluding hydrogens is 300 g/mol. The maximum Gasteiger partial charge on any atom is 0.244 e. The summed E-state index contributed by atoms with van der Waals surface area (Å²) >= 11 is 6.07. The predicted octanol–water partition coefficient (Wildman–Crippen LogP) is 1.39. The molecule has 1 aromatic carbocycles. The summed E-state index contributed by atoms with van der Waals surface area (Å²) in [5.41, 5.74) is 6.71. The summed E-state index contributed by atoms with van der Waals surface area (Å²) in [5.74, 6) is 0. The lowest BCUT2D eigenvalue weighted by Gasteiger charge is -2.34. The average Bonchev–Trinajstić information content (AvgIpc) is 2.38. The lowest BCUT2D eigenvalue weighted by Crippen LogP contribution is -2.51. The highest BCUT2D eigenvalue weighted by Gasteiger charge is 2.33. The summed E-state index contributed by atoms with van der Waals surface area (Å²) in [6, 6.07) is 4.71. The van der Waals surface area contributed by atoms with Gasteiger partial charge >= 0.3 is 0 Å². The third-order valence-corrected chi connectivity index (χ3v) is 5.70. The SMILES string of the molecule is Cc1ccc(S(=O)(=O)N2CCOC(C(C)N)C2)c(Cl)c1. The lowest BCUT2D eigenvalue weighted by molar-refractivity contribution is -0.0120. The zero-order valence-corrected chi connectivity index (χ0v) is 13.1. The molecule has 0 spiro atoms. The number of benzene rings is 1. The van der Waals surface area contributed by atoms with Crippen LogP contribution in [0.5, 0.6) is 0 Å². The maximum absolute atomic E-state index is 12.6. The molecule has 0 aromatic heterocycles. The van der Waals surface area contributed by atoms with Crippen LogP contribution in [0.15, 0.2) is 23.1 Å². The van der Waals surface area contributed by atoms with Crippen molar-refractivity contribution < 1.29 is 13.2 Å². The number of nitrogens with two attached hydrogens (primary N) is 1. The number of halogens is 1. The van der Waals surface area contributed by atoms with Crippen LogP contribution in [0.3, 0.4) is 0 Å². The summed E-state index contributed by atoms with van der Waals surface area (Å²) in [5, 5.41) is 0.244. The van der Waals surface area contributed by atoms with Crippen molar-refractivity contribution in [1.82, 2.24) is 4.31 Å². The predicted molar refractivity (Wildman–Crippen MR) is 78.3 cm³/mol. The number of sulfonamides is 1. The van der Waals surface area contributed by atoms with Gasteiger partial charge in [0.1, 0.15) is 4.90 Å². The van der Waals surface area contributed by atoms with Gasteiger partial charge in [0, 0.05) is 19.1 Å². The van der Waals surface area contributed by atoms with Gasteiger partial charge in [0.05, 0.1) is 17.7 Å². The average molecular weight is 319 g/mol. The summed E-state index contributed by atoms with van der Waals surface area (Å²) in [4.78, 5) is 0.134. The molecule has 5 nitrogen and oxygen atoms in total. The summed E-state index contributed by atoms with van der Waals surface area (Å²) in [6.45, 7) is 4.58. The molecule has 2 rings (SSSR count). The van der Waals surface area contributed by atoms with Gasteiger partial charge in [-0.3, -0.25) is 0 Å². The topological polar surface area (TPSA) is 72.6 Å². The zero-order valence-electron chi connectivity index (χ0n) is 11.5. The molecule has 1 aliphatic rings. The number of rotatable bonds is 3. The van der Waals surface area contributed by atoms with E-state index in [4.69, 9.17) is 22.1 Å². The van der Waals surface area contributed by atoms with Crippen LogP contribution in [0.1, 0.15) is 12.5 Å². The van der Waals surface area contributed by atoms with Gasteiger partial charge in [-0.2, -0.15) is 4.31 Å². The van der Waals surface area contributed by atoms with E-state index in [0.29, 0.717) is 13.2 Å². The van der Waals surface area contributed by atoms with Crippen LogP contribution in [-0.2, 0) is 14.8 Å². The summed E-state index contributed by atoms with van der Waals surface area (Å²) in [6.07, 6.45) is -0.289. The number of morpholine rings is 1. The molecule has 0 bridgehead atoms. The van der Waals surface area contributed by atoms with E-state index in [2.05, 4.69) is 0 Å².